The fourth-order valence-electron chi connectivity index (χ4n) is 2.13. The largest absolute Gasteiger partial charge is 0.464 e. The number of hydrogen-bond donors (Lipinski definition) is 1. The highest BCUT2D eigenvalue weighted by Crippen LogP contribution is 2.41. The lowest BCUT2D eigenvalue weighted by molar-refractivity contribution is 0.0494. The highest BCUT2D eigenvalue weighted by Gasteiger charge is 2.21. The number of halogens is 1. The number of pyridine rings is 1. The molecule has 0 aliphatic carbocycles. The van der Waals surface area contributed by atoms with E-state index in [4.69, 9.17) is 13.9 Å². The van der Waals surface area contributed by atoms with Crippen LogP contribution in [0.25, 0.3) is 22.2 Å². The minimum Gasteiger partial charge on any atom is -0.464 e. The first kappa shape index (κ1) is 13.9. The molecular weight excluding hydrogens is 293 g/mol. The first-order valence-electron chi connectivity index (χ1n) is 6.19. The van der Waals surface area contributed by atoms with Crippen LogP contribution in [-0.2, 0) is 4.74 Å². The van der Waals surface area contributed by atoms with Gasteiger partial charge in [0.2, 0.25) is 5.71 Å². The van der Waals surface area contributed by atoms with Crippen LogP contribution >= 0.6 is 12.6 Å². The number of aromatic nitrogens is 1. The minimum absolute atomic E-state index is 0.0461. The molecule has 21 heavy (non-hydrogen) atoms. The Hall–Kier alpha value is -2.05. The van der Waals surface area contributed by atoms with Gasteiger partial charge in [0.15, 0.2) is 23.5 Å². The molecule has 0 bridgehead atoms. The van der Waals surface area contributed by atoms with Gasteiger partial charge in [0.05, 0.1) is 11.6 Å². The van der Waals surface area contributed by atoms with E-state index in [1.807, 2.05) is 30.3 Å². The summed E-state index contributed by atoms with van der Waals surface area (Å²) in [6.45, 7) is -0.0721. The van der Waals surface area contributed by atoms with Crippen molar-refractivity contribution in [2.24, 2.45) is 0 Å². The monoisotopic (exact) mass is 305 g/mol. The summed E-state index contributed by atoms with van der Waals surface area (Å²) in [6, 6.07) is 9.42. The summed E-state index contributed by atoms with van der Waals surface area (Å²) in [7, 11) is 1.47. The molecule has 0 aliphatic rings. The van der Waals surface area contributed by atoms with Crippen molar-refractivity contribution in [1.29, 1.82) is 0 Å². The molecule has 0 amide bonds. The number of ether oxygens (including phenoxy) is 2. The molecule has 2 aromatic heterocycles. The summed E-state index contributed by atoms with van der Waals surface area (Å²) in [5.74, 6) is -0.532. The van der Waals surface area contributed by atoms with E-state index < -0.39 is 5.82 Å². The van der Waals surface area contributed by atoms with Gasteiger partial charge in [0.1, 0.15) is 0 Å². The van der Waals surface area contributed by atoms with Crippen molar-refractivity contribution in [3.63, 3.8) is 0 Å². The van der Waals surface area contributed by atoms with Gasteiger partial charge in [-0.2, -0.15) is 0 Å². The lowest BCUT2D eigenvalue weighted by atomic mass is 10.1. The van der Waals surface area contributed by atoms with Crippen LogP contribution in [0.5, 0.6) is 5.75 Å². The normalized spacial score (nSPS) is 11.0. The zero-order chi connectivity index (χ0) is 14.8. The lowest BCUT2D eigenvalue weighted by Gasteiger charge is -2.08. The quantitative estimate of drug-likeness (QED) is 0.586. The first-order chi connectivity index (χ1) is 10.2. The van der Waals surface area contributed by atoms with Crippen LogP contribution in [0.2, 0.25) is 0 Å². The number of rotatable bonds is 4. The van der Waals surface area contributed by atoms with E-state index >= 15 is 0 Å². The van der Waals surface area contributed by atoms with Crippen molar-refractivity contribution in [3.05, 3.63) is 42.3 Å². The Labute approximate surface area is 125 Å². The van der Waals surface area contributed by atoms with Gasteiger partial charge in [0.25, 0.3) is 0 Å². The molecule has 108 valence electrons. The van der Waals surface area contributed by atoms with Gasteiger partial charge in [-0.1, -0.05) is 30.3 Å². The summed E-state index contributed by atoms with van der Waals surface area (Å²) in [5, 5.41) is 0.805. The van der Waals surface area contributed by atoms with E-state index in [9.17, 15) is 4.39 Å². The molecule has 0 atom stereocenters. The van der Waals surface area contributed by atoms with E-state index in [2.05, 4.69) is 17.6 Å². The molecule has 4 nitrogen and oxygen atoms in total. The third kappa shape index (κ3) is 2.48. The third-order valence-corrected chi connectivity index (χ3v) is 3.31. The second-order valence-corrected chi connectivity index (χ2v) is 4.72. The molecular formula is C15H12FNO3S. The number of fused-ring (bicyclic) bond motifs is 1. The molecule has 6 heteroatoms. The Morgan fingerprint density at radius 1 is 1.29 bits per heavy atom. The van der Waals surface area contributed by atoms with Crippen molar-refractivity contribution in [2.45, 2.75) is 5.09 Å². The number of hydrogen-bond acceptors (Lipinski definition) is 5. The van der Waals surface area contributed by atoms with Crippen molar-refractivity contribution in [2.75, 3.05) is 13.9 Å². The van der Waals surface area contributed by atoms with Crippen molar-refractivity contribution in [3.8, 4) is 16.9 Å². The first-order valence-corrected chi connectivity index (χ1v) is 6.64. The molecule has 0 radical (unpaired) electrons. The molecule has 0 aliphatic heterocycles. The van der Waals surface area contributed by atoms with Crippen LogP contribution in [0.1, 0.15) is 0 Å². The molecule has 3 aromatic rings. The van der Waals surface area contributed by atoms with Gasteiger partial charge in [-0.25, -0.2) is 9.37 Å². The van der Waals surface area contributed by atoms with Crippen LogP contribution in [0.15, 0.2) is 46.0 Å². The van der Waals surface area contributed by atoms with Gasteiger partial charge >= 0.3 is 0 Å². The summed E-state index contributed by atoms with van der Waals surface area (Å²) in [4.78, 5) is 3.95. The Balaban J connectivity index is 2.28. The molecule has 0 fully saturated rings. The summed E-state index contributed by atoms with van der Waals surface area (Å²) < 4.78 is 29.7. The second kappa shape index (κ2) is 5.75. The fourth-order valence-corrected chi connectivity index (χ4v) is 2.46. The van der Waals surface area contributed by atoms with E-state index in [0.717, 1.165) is 11.8 Å². The molecule has 0 N–H and O–H groups in total. The Morgan fingerprint density at radius 2 is 2.05 bits per heavy atom. The van der Waals surface area contributed by atoms with Crippen molar-refractivity contribution in [1.82, 2.24) is 4.98 Å². The molecule has 0 spiro atoms. The van der Waals surface area contributed by atoms with Crippen LogP contribution in [0.4, 0.5) is 4.39 Å². The topological polar surface area (TPSA) is 44.5 Å². The van der Waals surface area contributed by atoms with Crippen molar-refractivity contribution >= 4 is 23.7 Å². The number of benzene rings is 1. The molecule has 0 saturated carbocycles. The predicted octanol–water partition coefficient (Wildman–Crippen LogP) is 3.91. The van der Waals surface area contributed by atoms with Gasteiger partial charge in [-0.05, 0) is 5.56 Å². The maximum Gasteiger partial charge on any atom is 0.232 e. The highest BCUT2D eigenvalue weighted by molar-refractivity contribution is 7.80. The van der Waals surface area contributed by atoms with E-state index in [-0.39, 0.29) is 18.3 Å². The standard InChI is InChI=1S/C15H12FNO3S/c1-18-8-19-13-10(16)7-17-14-12(13)11(15(21)20-14)9-5-3-2-4-6-9/h2-7,21H,8H2,1H3. The average molecular weight is 305 g/mol. The number of thiol groups is 1. The van der Waals surface area contributed by atoms with Crippen LogP contribution in [0, 0.1) is 5.82 Å². The van der Waals surface area contributed by atoms with Gasteiger partial charge in [-0.3, -0.25) is 0 Å². The maximum atomic E-state index is 14.0. The van der Waals surface area contributed by atoms with Gasteiger partial charge < -0.3 is 13.9 Å². The van der Waals surface area contributed by atoms with Gasteiger partial charge in [0, 0.05) is 12.7 Å². The molecule has 1 aromatic carbocycles. The van der Waals surface area contributed by atoms with Crippen LogP contribution in [0.3, 0.4) is 0 Å². The van der Waals surface area contributed by atoms with Crippen LogP contribution in [-0.4, -0.2) is 18.9 Å². The average Bonchev–Trinajstić information content (AvgIpc) is 2.83. The summed E-state index contributed by atoms with van der Waals surface area (Å²) in [5.41, 5.74) is 1.76. The Morgan fingerprint density at radius 3 is 2.76 bits per heavy atom. The molecule has 0 unspecified atom stereocenters. The zero-order valence-electron chi connectivity index (χ0n) is 11.2. The molecule has 2 heterocycles. The minimum atomic E-state index is -0.578. The third-order valence-electron chi connectivity index (χ3n) is 2.99. The van der Waals surface area contributed by atoms with E-state index in [1.54, 1.807) is 0 Å². The number of methoxy groups -OCH3 is 1. The smallest absolute Gasteiger partial charge is 0.232 e. The number of nitrogens with zero attached hydrogens (tertiary/aromatic N) is 1. The fraction of sp³-hybridized carbons (Fsp3) is 0.133. The molecule has 3 rings (SSSR count). The predicted molar refractivity (Wildman–Crippen MR) is 79.2 cm³/mol. The lowest BCUT2D eigenvalue weighted by Crippen LogP contribution is -2.02. The Bertz CT molecular complexity index is 773. The van der Waals surface area contributed by atoms with Crippen LogP contribution < -0.4 is 4.74 Å². The zero-order valence-corrected chi connectivity index (χ0v) is 12.1. The maximum absolute atomic E-state index is 14.0. The second-order valence-electron chi connectivity index (χ2n) is 4.31. The summed E-state index contributed by atoms with van der Waals surface area (Å²) in [6.07, 6.45) is 1.05. The van der Waals surface area contributed by atoms with Gasteiger partial charge in [-0.15, -0.1) is 12.6 Å². The Kier molecular flexibility index (Phi) is 3.81. The number of furan rings is 1. The summed E-state index contributed by atoms with van der Waals surface area (Å²) >= 11 is 4.32. The van der Waals surface area contributed by atoms with E-state index in [1.165, 1.54) is 7.11 Å². The van der Waals surface area contributed by atoms with Crippen molar-refractivity contribution < 1.29 is 18.3 Å². The SMILES string of the molecule is COCOc1c(F)cnc2oc(S)c(-c3ccccc3)c12. The highest BCUT2D eigenvalue weighted by atomic mass is 32.1. The van der Waals surface area contributed by atoms with E-state index in [0.29, 0.717) is 16.0 Å². The molecule has 0 saturated heterocycles.